The molecular formula is C21H25N5O3S. The highest BCUT2D eigenvalue weighted by molar-refractivity contribution is 7.90. The molecule has 3 heterocycles. The van der Waals surface area contributed by atoms with E-state index in [2.05, 4.69) is 33.3 Å². The number of Topliss-reactive ketones (excluding diaryl/α,β-unsaturated/α-hetero) is 1. The number of fused-ring (bicyclic) bond motifs is 3. The van der Waals surface area contributed by atoms with E-state index >= 15 is 0 Å². The van der Waals surface area contributed by atoms with Crippen LogP contribution < -0.4 is 4.90 Å². The number of hydrogen-bond donors (Lipinski definition) is 0. The van der Waals surface area contributed by atoms with Crippen molar-refractivity contribution < 1.29 is 13.2 Å². The zero-order valence-corrected chi connectivity index (χ0v) is 18.6. The van der Waals surface area contributed by atoms with Crippen LogP contribution >= 0.6 is 0 Å². The highest BCUT2D eigenvalue weighted by atomic mass is 32.2. The van der Waals surface area contributed by atoms with Crippen molar-refractivity contribution in [2.45, 2.75) is 45.2 Å². The number of ketones is 1. The molecule has 0 fully saturated rings. The van der Waals surface area contributed by atoms with Crippen molar-refractivity contribution in [3.63, 3.8) is 0 Å². The van der Waals surface area contributed by atoms with Crippen molar-refractivity contribution in [3.8, 4) is 0 Å². The molecule has 158 valence electrons. The van der Waals surface area contributed by atoms with Crippen LogP contribution in [0.3, 0.4) is 0 Å². The van der Waals surface area contributed by atoms with Crippen LogP contribution in [-0.4, -0.2) is 46.5 Å². The lowest BCUT2D eigenvalue weighted by Gasteiger charge is -2.38. The van der Waals surface area contributed by atoms with Gasteiger partial charge in [0.25, 0.3) is 0 Å². The van der Waals surface area contributed by atoms with Gasteiger partial charge in [0, 0.05) is 25.5 Å². The van der Waals surface area contributed by atoms with E-state index in [9.17, 15) is 13.2 Å². The molecule has 3 aromatic rings. The average Bonchev–Trinajstić information content (AvgIpc) is 3.03. The van der Waals surface area contributed by atoms with E-state index < -0.39 is 9.84 Å². The maximum atomic E-state index is 12.0. The molecule has 0 spiro atoms. The summed E-state index contributed by atoms with van der Waals surface area (Å²) in [5, 5.41) is 0. The van der Waals surface area contributed by atoms with Crippen molar-refractivity contribution >= 4 is 32.6 Å². The second-order valence-corrected chi connectivity index (χ2v) is 10.2. The summed E-state index contributed by atoms with van der Waals surface area (Å²) in [4.78, 5) is 28.1. The number of sulfone groups is 1. The number of aryl methyl sites for hydroxylation is 1. The zero-order valence-electron chi connectivity index (χ0n) is 17.7. The molecule has 1 aliphatic heterocycles. The summed E-state index contributed by atoms with van der Waals surface area (Å²) in [6.45, 7) is 8.85. The molecule has 1 unspecified atom stereocenters. The molecule has 1 atom stereocenters. The Balaban J connectivity index is 1.83. The molecule has 0 saturated carbocycles. The largest absolute Gasteiger partial charge is 0.329 e. The molecule has 0 aliphatic carbocycles. The van der Waals surface area contributed by atoms with Crippen LogP contribution in [0.1, 0.15) is 48.7 Å². The Labute approximate surface area is 175 Å². The van der Waals surface area contributed by atoms with Crippen LogP contribution in [-0.2, 0) is 16.4 Å². The fourth-order valence-electron chi connectivity index (χ4n) is 4.12. The zero-order chi connectivity index (χ0) is 21.8. The topological polar surface area (TPSA) is 98.0 Å². The van der Waals surface area contributed by atoms with Crippen LogP contribution in [0.2, 0.25) is 0 Å². The number of benzene rings is 1. The Morgan fingerprint density at radius 3 is 2.53 bits per heavy atom. The number of rotatable bonds is 4. The molecule has 2 aromatic heterocycles. The van der Waals surface area contributed by atoms with Crippen LogP contribution in [0.5, 0.6) is 0 Å². The number of aromatic nitrogens is 4. The van der Waals surface area contributed by atoms with Crippen LogP contribution in [0.25, 0.3) is 11.0 Å². The smallest absolute Gasteiger partial charge is 0.226 e. The first kappa shape index (κ1) is 20.5. The first-order valence-corrected chi connectivity index (χ1v) is 11.8. The summed E-state index contributed by atoms with van der Waals surface area (Å²) in [6.07, 6.45) is 2.80. The number of carbonyl (C=O) groups is 1. The fourth-order valence-corrected chi connectivity index (χ4v) is 4.76. The molecule has 8 nitrogen and oxygen atoms in total. The van der Waals surface area contributed by atoms with Gasteiger partial charge in [-0.3, -0.25) is 4.79 Å². The lowest BCUT2D eigenvalue weighted by Crippen LogP contribution is -2.42. The Morgan fingerprint density at radius 2 is 1.93 bits per heavy atom. The van der Waals surface area contributed by atoms with Gasteiger partial charge < -0.3 is 9.47 Å². The van der Waals surface area contributed by atoms with Gasteiger partial charge in [-0.15, -0.1) is 0 Å². The van der Waals surface area contributed by atoms with Crippen molar-refractivity contribution in [3.05, 3.63) is 41.5 Å². The molecule has 30 heavy (non-hydrogen) atoms. The molecule has 1 aliphatic rings. The summed E-state index contributed by atoms with van der Waals surface area (Å²) < 4.78 is 26.1. The minimum absolute atomic E-state index is 0.0541. The molecular weight excluding hydrogens is 402 g/mol. The van der Waals surface area contributed by atoms with E-state index in [0.29, 0.717) is 35.2 Å². The predicted molar refractivity (Wildman–Crippen MR) is 115 cm³/mol. The van der Waals surface area contributed by atoms with E-state index in [4.69, 9.17) is 4.98 Å². The normalized spacial score (nSPS) is 16.9. The summed E-state index contributed by atoms with van der Waals surface area (Å²) in [5.41, 5.74) is 2.78. The first-order valence-electron chi connectivity index (χ1n) is 9.89. The standard InChI is InChI=1S/C21H25N5O3S/c1-12(2)19-20-24-17-7-6-15(30(5,28)29)10-18(17)25(20)8-9-26(19)21-22-11-16(14(4)27)13(3)23-21/h6-7,10-12,19H,8-9H2,1-5H3. The lowest BCUT2D eigenvalue weighted by atomic mass is 10.00. The first-order chi connectivity index (χ1) is 14.1. The predicted octanol–water partition coefficient (Wildman–Crippen LogP) is 2.96. The SMILES string of the molecule is CC(=O)c1cnc(N2CCn3c(nc4ccc(S(C)(=O)=O)cc43)C2C(C)C)nc1C. The number of imidazole rings is 1. The number of hydrogen-bond acceptors (Lipinski definition) is 7. The van der Waals surface area contributed by atoms with Gasteiger partial charge >= 0.3 is 0 Å². The molecule has 4 rings (SSSR count). The second kappa shape index (κ2) is 7.16. The monoisotopic (exact) mass is 427 g/mol. The summed E-state index contributed by atoms with van der Waals surface area (Å²) in [5.74, 6) is 1.60. The fraction of sp³-hybridized carbons (Fsp3) is 0.429. The van der Waals surface area contributed by atoms with E-state index in [1.807, 2.05) is 6.92 Å². The van der Waals surface area contributed by atoms with Gasteiger partial charge in [0.2, 0.25) is 5.95 Å². The molecule has 0 bridgehead atoms. The Hall–Kier alpha value is -2.81. The number of anilines is 1. The third-order valence-corrected chi connectivity index (χ3v) is 6.69. The maximum absolute atomic E-state index is 12.0. The second-order valence-electron chi connectivity index (χ2n) is 8.15. The lowest BCUT2D eigenvalue weighted by molar-refractivity contribution is 0.101. The highest BCUT2D eigenvalue weighted by Gasteiger charge is 2.34. The van der Waals surface area contributed by atoms with E-state index in [-0.39, 0.29) is 17.7 Å². The van der Waals surface area contributed by atoms with Gasteiger partial charge in [0.1, 0.15) is 5.82 Å². The minimum atomic E-state index is -3.30. The molecule has 1 aromatic carbocycles. The Kier molecular flexibility index (Phi) is 4.88. The van der Waals surface area contributed by atoms with Crippen molar-refractivity contribution in [2.24, 2.45) is 5.92 Å². The molecule has 0 saturated heterocycles. The van der Waals surface area contributed by atoms with Crippen LogP contribution in [0.4, 0.5) is 5.95 Å². The van der Waals surface area contributed by atoms with Crippen molar-refractivity contribution in [1.82, 2.24) is 19.5 Å². The minimum Gasteiger partial charge on any atom is -0.329 e. The van der Waals surface area contributed by atoms with E-state index in [1.165, 1.54) is 13.2 Å². The third kappa shape index (κ3) is 3.36. The molecule has 0 amide bonds. The third-order valence-electron chi connectivity index (χ3n) is 5.58. The van der Waals surface area contributed by atoms with Gasteiger partial charge in [-0.05, 0) is 38.0 Å². The Bertz CT molecular complexity index is 1260. The Morgan fingerprint density at radius 1 is 1.20 bits per heavy atom. The van der Waals surface area contributed by atoms with Gasteiger partial charge in [0.15, 0.2) is 15.6 Å². The summed E-state index contributed by atoms with van der Waals surface area (Å²) in [6, 6.07) is 5.00. The molecule has 0 N–H and O–H groups in total. The maximum Gasteiger partial charge on any atom is 0.226 e. The van der Waals surface area contributed by atoms with Gasteiger partial charge in [0.05, 0.1) is 33.2 Å². The van der Waals surface area contributed by atoms with E-state index in [0.717, 1.165) is 16.9 Å². The summed E-state index contributed by atoms with van der Waals surface area (Å²) in [7, 11) is -3.30. The quantitative estimate of drug-likeness (QED) is 0.590. The van der Waals surface area contributed by atoms with Crippen molar-refractivity contribution in [1.29, 1.82) is 0 Å². The van der Waals surface area contributed by atoms with Crippen molar-refractivity contribution in [2.75, 3.05) is 17.7 Å². The van der Waals surface area contributed by atoms with Gasteiger partial charge in [-0.2, -0.15) is 0 Å². The van der Waals surface area contributed by atoms with Crippen LogP contribution in [0, 0.1) is 12.8 Å². The number of nitrogens with zero attached hydrogens (tertiary/aromatic N) is 5. The van der Waals surface area contributed by atoms with E-state index in [1.54, 1.807) is 24.4 Å². The highest BCUT2D eigenvalue weighted by Crippen LogP contribution is 2.36. The number of carbonyl (C=O) groups excluding carboxylic acids is 1. The van der Waals surface area contributed by atoms with Crippen LogP contribution in [0.15, 0.2) is 29.3 Å². The molecule has 0 radical (unpaired) electrons. The molecule has 9 heteroatoms. The van der Waals surface area contributed by atoms with Gasteiger partial charge in [-0.25, -0.2) is 23.4 Å². The van der Waals surface area contributed by atoms with Gasteiger partial charge in [-0.1, -0.05) is 13.8 Å². The summed E-state index contributed by atoms with van der Waals surface area (Å²) >= 11 is 0. The average molecular weight is 428 g/mol.